The molecule has 1 aromatic carbocycles. The number of hydrogen-bond acceptors (Lipinski definition) is 5. The Hall–Kier alpha value is -2.47. The molecule has 3 rings (SSSR count). The van der Waals surface area contributed by atoms with Gasteiger partial charge in [0.15, 0.2) is 15.5 Å². The predicted octanol–water partition coefficient (Wildman–Crippen LogP) is 2.28. The van der Waals surface area contributed by atoms with Crippen molar-refractivity contribution in [3.63, 3.8) is 0 Å². The van der Waals surface area contributed by atoms with E-state index in [1.807, 2.05) is 12.1 Å². The number of hydrogen-bond donors (Lipinski definition) is 1. The fourth-order valence-corrected chi connectivity index (χ4v) is 2.81. The third-order valence-electron chi connectivity index (χ3n) is 3.22. The summed E-state index contributed by atoms with van der Waals surface area (Å²) in [5.41, 5.74) is 8.07. The molecule has 0 saturated carbocycles. The first-order valence-corrected chi connectivity index (χ1v) is 8.16. The molecule has 106 valence electrons. The van der Waals surface area contributed by atoms with Crippen LogP contribution in [0.25, 0.3) is 22.2 Å². The Morgan fingerprint density at radius 3 is 2.38 bits per heavy atom. The van der Waals surface area contributed by atoms with Gasteiger partial charge in [-0.15, -0.1) is 0 Å². The molecule has 0 amide bonds. The minimum Gasteiger partial charge on any atom is -0.384 e. The number of nitrogens with zero attached hydrogens (tertiary/aromatic N) is 2. The van der Waals surface area contributed by atoms with Crippen LogP contribution in [0.2, 0.25) is 0 Å². The largest absolute Gasteiger partial charge is 0.384 e. The number of sulfone groups is 1. The Bertz CT molecular complexity index is 919. The number of rotatable bonds is 2. The van der Waals surface area contributed by atoms with E-state index in [0.717, 1.165) is 16.5 Å². The average Bonchev–Trinajstić information content (AvgIpc) is 2.45. The van der Waals surface area contributed by atoms with Crippen LogP contribution in [0.1, 0.15) is 0 Å². The van der Waals surface area contributed by atoms with Crippen molar-refractivity contribution < 1.29 is 8.42 Å². The normalized spacial score (nSPS) is 11.7. The maximum atomic E-state index is 11.5. The molecule has 6 heteroatoms. The molecule has 0 unspecified atom stereocenters. The van der Waals surface area contributed by atoms with E-state index in [2.05, 4.69) is 9.97 Å². The lowest BCUT2D eigenvalue weighted by Gasteiger charge is -2.07. The van der Waals surface area contributed by atoms with Crippen molar-refractivity contribution in [3.8, 4) is 11.1 Å². The lowest BCUT2D eigenvalue weighted by molar-refractivity contribution is 0.602. The fourth-order valence-electron chi connectivity index (χ4n) is 2.18. The van der Waals surface area contributed by atoms with Crippen LogP contribution in [0, 0.1) is 0 Å². The number of nitrogen functional groups attached to an aromatic ring is 1. The second kappa shape index (κ2) is 4.82. The Kier molecular flexibility index (Phi) is 3.10. The van der Waals surface area contributed by atoms with E-state index in [-0.39, 0.29) is 0 Å². The van der Waals surface area contributed by atoms with E-state index in [1.165, 1.54) is 6.26 Å². The highest BCUT2D eigenvalue weighted by Gasteiger charge is 2.09. The van der Waals surface area contributed by atoms with Crippen molar-refractivity contribution >= 4 is 26.7 Å². The van der Waals surface area contributed by atoms with Gasteiger partial charge in [0.2, 0.25) is 0 Å². The first-order chi connectivity index (χ1) is 9.95. The monoisotopic (exact) mass is 299 g/mol. The van der Waals surface area contributed by atoms with Gasteiger partial charge in [-0.2, -0.15) is 0 Å². The molecule has 0 aliphatic carbocycles. The molecule has 21 heavy (non-hydrogen) atoms. The summed E-state index contributed by atoms with van der Waals surface area (Å²) in [5.74, 6) is 0.416. The summed E-state index contributed by atoms with van der Waals surface area (Å²) in [6.07, 6.45) is 2.85. The Labute approximate surface area is 122 Å². The SMILES string of the molecule is CS(=O)(=O)c1ccc(-c2ccnc3nc(N)ccc23)cc1. The molecule has 2 N–H and O–H groups in total. The number of fused-ring (bicyclic) bond motifs is 1. The summed E-state index contributed by atoms with van der Waals surface area (Å²) in [6.45, 7) is 0. The number of benzene rings is 1. The molecular weight excluding hydrogens is 286 g/mol. The van der Waals surface area contributed by atoms with Gasteiger partial charge in [0.25, 0.3) is 0 Å². The average molecular weight is 299 g/mol. The van der Waals surface area contributed by atoms with E-state index >= 15 is 0 Å². The summed E-state index contributed by atoms with van der Waals surface area (Å²) >= 11 is 0. The molecule has 0 atom stereocenters. The zero-order valence-electron chi connectivity index (χ0n) is 11.3. The van der Waals surface area contributed by atoms with Gasteiger partial charge in [-0.05, 0) is 41.5 Å². The van der Waals surface area contributed by atoms with Gasteiger partial charge >= 0.3 is 0 Å². The fraction of sp³-hybridized carbons (Fsp3) is 0.0667. The van der Waals surface area contributed by atoms with Gasteiger partial charge < -0.3 is 5.73 Å². The highest BCUT2D eigenvalue weighted by molar-refractivity contribution is 7.90. The minimum atomic E-state index is -3.19. The summed E-state index contributed by atoms with van der Waals surface area (Å²) in [7, 11) is -3.19. The van der Waals surface area contributed by atoms with Crippen LogP contribution >= 0.6 is 0 Å². The van der Waals surface area contributed by atoms with Crippen LogP contribution in [-0.4, -0.2) is 24.6 Å². The van der Waals surface area contributed by atoms with E-state index in [4.69, 9.17) is 5.73 Å². The topological polar surface area (TPSA) is 85.9 Å². The van der Waals surface area contributed by atoms with Crippen LogP contribution in [-0.2, 0) is 9.84 Å². The van der Waals surface area contributed by atoms with Crippen LogP contribution < -0.4 is 5.73 Å². The van der Waals surface area contributed by atoms with Crippen molar-refractivity contribution in [1.29, 1.82) is 0 Å². The summed E-state index contributed by atoms with van der Waals surface area (Å²) in [5, 5.41) is 0.874. The number of anilines is 1. The van der Waals surface area contributed by atoms with E-state index < -0.39 is 9.84 Å². The van der Waals surface area contributed by atoms with Crippen molar-refractivity contribution in [2.24, 2.45) is 0 Å². The molecule has 0 saturated heterocycles. The van der Waals surface area contributed by atoms with Crippen LogP contribution in [0.4, 0.5) is 5.82 Å². The molecule has 5 nitrogen and oxygen atoms in total. The van der Waals surface area contributed by atoms with Gasteiger partial charge in [0.05, 0.1) is 4.90 Å². The van der Waals surface area contributed by atoms with Crippen LogP contribution in [0.15, 0.2) is 53.6 Å². The Morgan fingerprint density at radius 1 is 1.00 bits per heavy atom. The maximum absolute atomic E-state index is 11.5. The van der Waals surface area contributed by atoms with Gasteiger partial charge in [-0.3, -0.25) is 0 Å². The number of aromatic nitrogens is 2. The molecule has 2 aromatic heterocycles. The van der Waals surface area contributed by atoms with Crippen molar-refractivity contribution in [1.82, 2.24) is 9.97 Å². The third-order valence-corrected chi connectivity index (χ3v) is 4.35. The van der Waals surface area contributed by atoms with E-state index in [1.54, 1.807) is 36.5 Å². The summed E-state index contributed by atoms with van der Waals surface area (Å²) < 4.78 is 23.0. The quantitative estimate of drug-likeness (QED) is 0.784. The van der Waals surface area contributed by atoms with Gasteiger partial charge in [0, 0.05) is 17.8 Å². The molecule has 0 radical (unpaired) electrons. The molecule has 0 aliphatic rings. The van der Waals surface area contributed by atoms with Crippen molar-refractivity contribution in [2.45, 2.75) is 4.90 Å². The summed E-state index contributed by atoms with van der Waals surface area (Å²) in [4.78, 5) is 8.69. The van der Waals surface area contributed by atoms with Crippen molar-refractivity contribution in [2.75, 3.05) is 12.0 Å². The van der Waals surface area contributed by atoms with Gasteiger partial charge in [0.1, 0.15) is 5.82 Å². The van der Waals surface area contributed by atoms with Gasteiger partial charge in [-0.25, -0.2) is 18.4 Å². The van der Waals surface area contributed by atoms with E-state index in [9.17, 15) is 8.42 Å². The molecule has 0 aliphatic heterocycles. The molecule has 0 bridgehead atoms. The number of pyridine rings is 2. The molecule has 2 heterocycles. The highest BCUT2D eigenvalue weighted by atomic mass is 32.2. The lowest BCUT2D eigenvalue weighted by atomic mass is 10.0. The third kappa shape index (κ3) is 2.57. The molecule has 0 fully saturated rings. The van der Waals surface area contributed by atoms with Crippen LogP contribution in [0.5, 0.6) is 0 Å². The zero-order valence-corrected chi connectivity index (χ0v) is 12.1. The number of nitrogens with two attached hydrogens (primary N) is 1. The molecule has 0 spiro atoms. The Balaban J connectivity index is 2.17. The smallest absolute Gasteiger partial charge is 0.175 e. The second-order valence-electron chi connectivity index (χ2n) is 4.76. The predicted molar refractivity (Wildman–Crippen MR) is 82.5 cm³/mol. The maximum Gasteiger partial charge on any atom is 0.175 e. The Morgan fingerprint density at radius 2 is 1.71 bits per heavy atom. The van der Waals surface area contributed by atoms with Crippen molar-refractivity contribution in [3.05, 3.63) is 48.7 Å². The molecular formula is C15H13N3O2S. The first kappa shape index (κ1) is 13.5. The highest BCUT2D eigenvalue weighted by Crippen LogP contribution is 2.27. The van der Waals surface area contributed by atoms with E-state index in [0.29, 0.717) is 16.4 Å². The lowest BCUT2D eigenvalue weighted by Crippen LogP contribution is -1.96. The summed E-state index contributed by atoms with van der Waals surface area (Å²) in [6, 6.07) is 12.2. The first-order valence-electron chi connectivity index (χ1n) is 6.27. The zero-order chi connectivity index (χ0) is 15.0. The molecule has 3 aromatic rings. The van der Waals surface area contributed by atoms with Crippen LogP contribution in [0.3, 0.4) is 0 Å². The second-order valence-corrected chi connectivity index (χ2v) is 6.78. The minimum absolute atomic E-state index is 0.298. The van der Waals surface area contributed by atoms with Gasteiger partial charge in [-0.1, -0.05) is 12.1 Å². The standard InChI is InChI=1S/C15H13N3O2S/c1-21(19,20)11-4-2-10(3-5-11)12-8-9-17-15-13(12)6-7-14(16)18-15/h2-9H,1H3,(H2,16,17,18).